The second-order valence-corrected chi connectivity index (χ2v) is 2.46. The molecular weight excluding hydrogens is 128 g/mol. The first-order valence-electron chi connectivity index (χ1n) is 3.47. The fourth-order valence-corrected chi connectivity index (χ4v) is 1.02. The molecule has 0 saturated carbocycles. The number of rotatable bonds is 2. The molecule has 1 aliphatic rings. The summed E-state index contributed by atoms with van der Waals surface area (Å²) in [5, 5.41) is 17.7. The molecule has 0 radical (unpaired) electrons. The van der Waals surface area contributed by atoms with Crippen LogP contribution in [0.15, 0.2) is 24.3 Å². The lowest BCUT2D eigenvalue weighted by Crippen LogP contribution is -2.22. The van der Waals surface area contributed by atoms with E-state index >= 15 is 0 Å². The Balaban J connectivity index is 2.42. The standard InChI is InChI=1S/C8H12O2/c9-6-8(10)7-4-2-1-3-5-7/h1-4,7-10H,5-6H2/t7?,8-/m1/s1. The monoisotopic (exact) mass is 140 g/mol. The van der Waals surface area contributed by atoms with Gasteiger partial charge < -0.3 is 10.2 Å². The van der Waals surface area contributed by atoms with Crippen molar-refractivity contribution in [2.75, 3.05) is 6.61 Å². The highest BCUT2D eigenvalue weighted by molar-refractivity contribution is 5.11. The average Bonchev–Trinajstić information content (AvgIpc) is 2.05. The van der Waals surface area contributed by atoms with E-state index in [0.29, 0.717) is 0 Å². The SMILES string of the molecule is OC[C@@H](O)C1C=CC=CC1. The Morgan fingerprint density at radius 1 is 1.50 bits per heavy atom. The number of allylic oxidation sites excluding steroid dienone is 3. The van der Waals surface area contributed by atoms with Gasteiger partial charge in [-0.2, -0.15) is 0 Å². The fourth-order valence-electron chi connectivity index (χ4n) is 1.02. The van der Waals surface area contributed by atoms with Gasteiger partial charge in [0.15, 0.2) is 0 Å². The van der Waals surface area contributed by atoms with E-state index in [-0.39, 0.29) is 12.5 Å². The molecule has 2 atom stereocenters. The Kier molecular flexibility index (Phi) is 2.66. The quantitative estimate of drug-likeness (QED) is 0.585. The molecule has 0 aromatic heterocycles. The molecule has 10 heavy (non-hydrogen) atoms. The Morgan fingerprint density at radius 3 is 2.80 bits per heavy atom. The van der Waals surface area contributed by atoms with Crippen molar-refractivity contribution in [3.63, 3.8) is 0 Å². The number of aliphatic hydroxyl groups excluding tert-OH is 2. The second kappa shape index (κ2) is 3.54. The van der Waals surface area contributed by atoms with Gasteiger partial charge in [0.25, 0.3) is 0 Å². The van der Waals surface area contributed by atoms with Gasteiger partial charge in [-0.1, -0.05) is 24.3 Å². The van der Waals surface area contributed by atoms with E-state index in [4.69, 9.17) is 10.2 Å². The fraction of sp³-hybridized carbons (Fsp3) is 0.500. The van der Waals surface area contributed by atoms with Crippen molar-refractivity contribution in [1.82, 2.24) is 0 Å². The highest BCUT2D eigenvalue weighted by atomic mass is 16.3. The van der Waals surface area contributed by atoms with E-state index in [2.05, 4.69) is 0 Å². The average molecular weight is 140 g/mol. The lowest BCUT2D eigenvalue weighted by molar-refractivity contribution is 0.0635. The van der Waals surface area contributed by atoms with E-state index in [9.17, 15) is 0 Å². The normalized spacial score (nSPS) is 26.8. The highest BCUT2D eigenvalue weighted by Crippen LogP contribution is 2.14. The maximum Gasteiger partial charge on any atom is 0.0836 e. The third kappa shape index (κ3) is 1.69. The number of hydrogen-bond acceptors (Lipinski definition) is 2. The van der Waals surface area contributed by atoms with E-state index in [1.165, 1.54) is 0 Å². The Morgan fingerprint density at radius 2 is 2.30 bits per heavy atom. The summed E-state index contributed by atoms with van der Waals surface area (Å²) in [6.07, 6.45) is 7.98. The zero-order valence-corrected chi connectivity index (χ0v) is 5.77. The van der Waals surface area contributed by atoms with Crippen LogP contribution < -0.4 is 0 Å². The maximum atomic E-state index is 9.15. The first kappa shape index (κ1) is 7.51. The van der Waals surface area contributed by atoms with Gasteiger partial charge in [0, 0.05) is 5.92 Å². The summed E-state index contributed by atoms with van der Waals surface area (Å²) < 4.78 is 0. The smallest absolute Gasteiger partial charge is 0.0836 e. The first-order chi connectivity index (χ1) is 4.84. The Hall–Kier alpha value is -0.600. The molecule has 0 fully saturated rings. The summed E-state index contributed by atoms with van der Waals surface area (Å²) in [4.78, 5) is 0. The van der Waals surface area contributed by atoms with Crippen molar-refractivity contribution in [3.05, 3.63) is 24.3 Å². The molecule has 0 spiro atoms. The largest absolute Gasteiger partial charge is 0.394 e. The van der Waals surface area contributed by atoms with Crippen LogP contribution in [0.5, 0.6) is 0 Å². The molecule has 0 bridgehead atoms. The molecule has 0 saturated heterocycles. The van der Waals surface area contributed by atoms with Crippen molar-refractivity contribution in [2.45, 2.75) is 12.5 Å². The predicted octanol–water partition coefficient (Wildman–Crippen LogP) is 0.472. The van der Waals surface area contributed by atoms with Crippen molar-refractivity contribution in [2.24, 2.45) is 5.92 Å². The molecule has 0 aromatic rings. The number of aliphatic hydroxyl groups is 2. The molecule has 56 valence electrons. The lowest BCUT2D eigenvalue weighted by atomic mass is 9.95. The molecule has 1 rings (SSSR count). The van der Waals surface area contributed by atoms with E-state index in [1.54, 1.807) is 0 Å². The van der Waals surface area contributed by atoms with Gasteiger partial charge in [0.1, 0.15) is 0 Å². The summed E-state index contributed by atoms with van der Waals surface area (Å²) in [6.45, 7) is -0.150. The molecule has 2 nitrogen and oxygen atoms in total. The summed E-state index contributed by atoms with van der Waals surface area (Å²) in [5.41, 5.74) is 0. The van der Waals surface area contributed by atoms with Crippen molar-refractivity contribution in [3.8, 4) is 0 Å². The Labute approximate surface area is 60.5 Å². The number of hydrogen-bond donors (Lipinski definition) is 2. The van der Waals surface area contributed by atoms with Crippen LogP contribution in [0.25, 0.3) is 0 Å². The summed E-state index contributed by atoms with van der Waals surface area (Å²) >= 11 is 0. The predicted molar refractivity (Wildman–Crippen MR) is 39.5 cm³/mol. The molecule has 0 heterocycles. The summed E-state index contributed by atoms with van der Waals surface area (Å²) in [6, 6.07) is 0. The molecule has 0 aliphatic heterocycles. The third-order valence-electron chi connectivity index (χ3n) is 1.70. The summed E-state index contributed by atoms with van der Waals surface area (Å²) in [5.74, 6) is 0.106. The van der Waals surface area contributed by atoms with E-state index in [1.807, 2.05) is 24.3 Å². The highest BCUT2D eigenvalue weighted by Gasteiger charge is 2.14. The van der Waals surface area contributed by atoms with Crippen LogP contribution in [0.3, 0.4) is 0 Å². The second-order valence-electron chi connectivity index (χ2n) is 2.46. The molecular formula is C8H12O2. The minimum atomic E-state index is -0.596. The molecule has 1 aliphatic carbocycles. The zero-order valence-electron chi connectivity index (χ0n) is 5.77. The molecule has 0 aromatic carbocycles. The van der Waals surface area contributed by atoms with Crippen molar-refractivity contribution in [1.29, 1.82) is 0 Å². The first-order valence-corrected chi connectivity index (χ1v) is 3.47. The van der Waals surface area contributed by atoms with Gasteiger partial charge >= 0.3 is 0 Å². The van der Waals surface area contributed by atoms with Crippen LogP contribution in [0.1, 0.15) is 6.42 Å². The van der Waals surface area contributed by atoms with Gasteiger partial charge in [0.2, 0.25) is 0 Å². The van der Waals surface area contributed by atoms with E-state index < -0.39 is 6.10 Å². The van der Waals surface area contributed by atoms with Gasteiger partial charge in [-0.05, 0) is 6.42 Å². The zero-order chi connectivity index (χ0) is 7.40. The van der Waals surface area contributed by atoms with Gasteiger partial charge in [-0.3, -0.25) is 0 Å². The van der Waals surface area contributed by atoms with Crippen LogP contribution in [-0.4, -0.2) is 22.9 Å². The molecule has 2 heteroatoms. The van der Waals surface area contributed by atoms with E-state index in [0.717, 1.165) is 6.42 Å². The third-order valence-corrected chi connectivity index (χ3v) is 1.70. The van der Waals surface area contributed by atoms with Crippen molar-refractivity contribution >= 4 is 0 Å². The van der Waals surface area contributed by atoms with Crippen LogP contribution in [0, 0.1) is 5.92 Å². The van der Waals surface area contributed by atoms with Gasteiger partial charge in [-0.15, -0.1) is 0 Å². The Bertz CT molecular complexity index is 149. The minimum absolute atomic E-state index is 0.106. The molecule has 2 N–H and O–H groups in total. The van der Waals surface area contributed by atoms with Gasteiger partial charge in [0.05, 0.1) is 12.7 Å². The van der Waals surface area contributed by atoms with Gasteiger partial charge in [-0.25, -0.2) is 0 Å². The van der Waals surface area contributed by atoms with Crippen LogP contribution >= 0.6 is 0 Å². The van der Waals surface area contributed by atoms with Crippen LogP contribution in [0.2, 0.25) is 0 Å². The lowest BCUT2D eigenvalue weighted by Gasteiger charge is -2.17. The van der Waals surface area contributed by atoms with Crippen molar-refractivity contribution < 1.29 is 10.2 Å². The molecule has 1 unspecified atom stereocenters. The van der Waals surface area contributed by atoms with Crippen LogP contribution in [-0.2, 0) is 0 Å². The molecule has 0 amide bonds. The summed E-state index contributed by atoms with van der Waals surface area (Å²) in [7, 11) is 0. The van der Waals surface area contributed by atoms with Crippen LogP contribution in [0.4, 0.5) is 0 Å². The topological polar surface area (TPSA) is 40.5 Å². The minimum Gasteiger partial charge on any atom is -0.394 e. The maximum absolute atomic E-state index is 9.15.